The summed E-state index contributed by atoms with van der Waals surface area (Å²) in [5, 5.41) is 7.49. The smallest absolute Gasteiger partial charge is 0.228 e. The van der Waals surface area contributed by atoms with E-state index in [1.54, 1.807) is 12.3 Å². The lowest BCUT2D eigenvalue weighted by atomic mass is 10.2. The summed E-state index contributed by atoms with van der Waals surface area (Å²) in [5.74, 6) is 1.82. The van der Waals surface area contributed by atoms with Crippen molar-refractivity contribution in [2.45, 2.75) is 0 Å². The molecule has 0 spiro atoms. The van der Waals surface area contributed by atoms with E-state index in [-0.39, 0.29) is 0 Å². The molecule has 7 nitrogen and oxygen atoms in total. The molecule has 0 radical (unpaired) electrons. The molecule has 0 unspecified atom stereocenters. The number of benzene rings is 2. The van der Waals surface area contributed by atoms with E-state index in [4.69, 9.17) is 5.73 Å². The first kappa shape index (κ1) is 17.2. The molecule has 4 N–H and O–H groups in total. The molecule has 26 heavy (non-hydrogen) atoms. The van der Waals surface area contributed by atoms with Crippen molar-refractivity contribution in [3.05, 3.63) is 66.2 Å². The molecule has 0 aliphatic rings. The molecule has 7 heteroatoms. The zero-order valence-corrected chi connectivity index (χ0v) is 14.7. The van der Waals surface area contributed by atoms with Crippen LogP contribution in [0.2, 0.25) is 0 Å². The number of nitrogens with zero attached hydrogens (tertiary/aromatic N) is 4. The predicted molar refractivity (Wildman–Crippen MR) is 108 cm³/mol. The van der Waals surface area contributed by atoms with Crippen molar-refractivity contribution in [1.82, 2.24) is 9.97 Å². The summed E-state index contributed by atoms with van der Waals surface area (Å²) >= 11 is 0. The summed E-state index contributed by atoms with van der Waals surface area (Å²) in [6, 6.07) is 19.1. The second kappa shape index (κ2) is 7.98. The maximum Gasteiger partial charge on any atom is 0.228 e. The molecule has 132 valence electrons. The van der Waals surface area contributed by atoms with E-state index in [1.807, 2.05) is 73.6 Å². The molecule has 2 aromatic carbocycles. The van der Waals surface area contributed by atoms with Crippen molar-refractivity contribution >= 4 is 35.2 Å². The molecule has 1 aromatic heterocycles. The maximum absolute atomic E-state index is 5.72. The Hall–Kier alpha value is -3.61. The van der Waals surface area contributed by atoms with Crippen LogP contribution in [0, 0.1) is 0 Å². The summed E-state index contributed by atoms with van der Waals surface area (Å²) in [5.41, 5.74) is 11.3. The highest BCUT2D eigenvalue weighted by Crippen LogP contribution is 2.21. The van der Waals surface area contributed by atoms with Gasteiger partial charge in [0.2, 0.25) is 5.95 Å². The van der Waals surface area contributed by atoms with Crippen LogP contribution in [-0.4, -0.2) is 30.3 Å². The van der Waals surface area contributed by atoms with E-state index >= 15 is 0 Å². The molecule has 0 fully saturated rings. The van der Waals surface area contributed by atoms with Gasteiger partial charge in [0.15, 0.2) is 5.82 Å². The van der Waals surface area contributed by atoms with Gasteiger partial charge in [0.1, 0.15) is 5.82 Å². The lowest BCUT2D eigenvalue weighted by Crippen LogP contribution is -2.14. The van der Waals surface area contributed by atoms with E-state index in [2.05, 4.69) is 25.8 Å². The van der Waals surface area contributed by atoms with Gasteiger partial charge in [0.05, 0.1) is 6.21 Å². The van der Waals surface area contributed by atoms with E-state index < -0.39 is 0 Å². The topological polar surface area (TPSA) is 91.5 Å². The van der Waals surface area contributed by atoms with Crippen LogP contribution < -0.4 is 21.4 Å². The molecule has 0 aliphatic heterocycles. The molecule has 0 bridgehead atoms. The summed E-state index contributed by atoms with van der Waals surface area (Å²) in [6.45, 7) is 0. The van der Waals surface area contributed by atoms with Crippen molar-refractivity contribution < 1.29 is 0 Å². The summed E-state index contributed by atoms with van der Waals surface area (Å²) in [6.07, 6.45) is 1.74. The van der Waals surface area contributed by atoms with Crippen molar-refractivity contribution in [2.75, 3.05) is 35.5 Å². The average Bonchev–Trinajstić information content (AvgIpc) is 2.64. The van der Waals surface area contributed by atoms with Gasteiger partial charge in [-0.15, -0.1) is 0 Å². The van der Waals surface area contributed by atoms with Gasteiger partial charge in [-0.05, 0) is 29.8 Å². The first-order valence-electron chi connectivity index (χ1n) is 8.13. The Balaban J connectivity index is 1.79. The minimum atomic E-state index is 0.572. The Bertz CT molecular complexity index is 874. The van der Waals surface area contributed by atoms with Gasteiger partial charge in [0.25, 0.3) is 0 Å². The number of rotatable bonds is 6. The number of aromatic nitrogens is 2. The highest BCUT2D eigenvalue weighted by Gasteiger charge is 2.06. The van der Waals surface area contributed by atoms with Crippen molar-refractivity contribution in [2.24, 2.45) is 5.10 Å². The predicted octanol–water partition coefficient (Wildman–Crippen LogP) is 3.31. The monoisotopic (exact) mass is 347 g/mol. The first-order valence-corrected chi connectivity index (χ1v) is 8.13. The highest BCUT2D eigenvalue weighted by molar-refractivity contribution is 5.80. The zero-order valence-electron chi connectivity index (χ0n) is 14.7. The van der Waals surface area contributed by atoms with Crippen LogP contribution >= 0.6 is 0 Å². The molecule has 0 amide bonds. The van der Waals surface area contributed by atoms with Gasteiger partial charge in [-0.3, -0.25) is 5.43 Å². The number of hydrogen-bond donors (Lipinski definition) is 3. The minimum absolute atomic E-state index is 0.572. The third-order valence-corrected chi connectivity index (χ3v) is 3.49. The number of nitrogens with two attached hydrogens (primary N) is 1. The molecule has 0 atom stereocenters. The summed E-state index contributed by atoms with van der Waals surface area (Å²) in [7, 11) is 3.78. The van der Waals surface area contributed by atoms with Crippen molar-refractivity contribution in [3.8, 4) is 0 Å². The van der Waals surface area contributed by atoms with Crippen molar-refractivity contribution in [1.29, 1.82) is 0 Å². The van der Waals surface area contributed by atoms with Crippen LogP contribution in [0.4, 0.5) is 29.0 Å². The van der Waals surface area contributed by atoms with Gasteiger partial charge in [-0.1, -0.05) is 30.3 Å². The molecule has 0 aliphatic carbocycles. The molecule has 1 heterocycles. The minimum Gasteiger partial charge on any atom is -0.399 e. The van der Waals surface area contributed by atoms with E-state index in [0.717, 1.165) is 11.3 Å². The second-order valence-corrected chi connectivity index (χ2v) is 5.86. The van der Waals surface area contributed by atoms with E-state index in [0.29, 0.717) is 23.3 Å². The molecule has 3 rings (SSSR count). The summed E-state index contributed by atoms with van der Waals surface area (Å²) < 4.78 is 0. The van der Waals surface area contributed by atoms with Crippen LogP contribution in [-0.2, 0) is 0 Å². The van der Waals surface area contributed by atoms with Gasteiger partial charge in [-0.2, -0.15) is 15.1 Å². The Labute approximate surface area is 152 Å². The largest absolute Gasteiger partial charge is 0.399 e. The Morgan fingerprint density at radius 1 is 0.962 bits per heavy atom. The van der Waals surface area contributed by atoms with E-state index in [1.165, 1.54) is 0 Å². The summed E-state index contributed by atoms with van der Waals surface area (Å²) in [4.78, 5) is 10.8. The number of hydrogen-bond acceptors (Lipinski definition) is 7. The van der Waals surface area contributed by atoms with Gasteiger partial charge in [-0.25, -0.2) is 0 Å². The standard InChI is InChI=1S/C19H21N7/c1-26(2)19-23-17(22-16-10-8-15(20)9-11-16)12-18(24-19)25-21-13-14-6-4-3-5-7-14/h3-13H,20H2,1-2H3,(H2,22,23,24,25)/b21-13+. The third-order valence-electron chi connectivity index (χ3n) is 3.49. The van der Waals surface area contributed by atoms with Gasteiger partial charge < -0.3 is 16.0 Å². The Kier molecular flexibility index (Phi) is 5.28. The second-order valence-electron chi connectivity index (χ2n) is 5.86. The van der Waals surface area contributed by atoms with Crippen LogP contribution in [0.25, 0.3) is 0 Å². The maximum atomic E-state index is 5.72. The quantitative estimate of drug-likeness (QED) is 0.360. The Morgan fingerprint density at radius 3 is 2.35 bits per heavy atom. The molecule has 3 aromatic rings. The average molecular weight is 347 g/mol. The van der Waals surface area contributed by atoms with E-state index in [9.17, 15) is 0 Å². The third kappa shape index (κ3) is 4.70. The lowest BCUT2D eigenvalue weighted by Gasteiger charge is -2.14. The number of nitrogens with one attached hydrogen (secondary N) is 2. The van der Waals surface area contributed by atoms with Crippen LogP contribution in [0.3, 0.4) is 0 Å². The Morgan fingerprint density at radius 2 is 1.65 bits per heavy atom. The normalized spacial score (nSPS) is 10.7. The number of hydrazone groups is 1. The molecule has 0 saturated heterocycles. The van der Waals surface area contributed by atoms with Crippen LogP contribution in [0.1, 0.15) is 5.56 Å². The van der Waals surface area contributed by atoms with Crippen LogP contribution in [0.15, 0.2) is 65.8 Å². The number of nitrogen functional groups attached to an aromatic ring is 1. The fourth-order valence-corrected chi connectivity index (χ4v) is 2.18. The fourth-order valence-electron chi connectivity index (χ4n) is 2.18. The first-order chi connectivity index (χ1) is 12.6. The SMILES string of the molecule is CN(C)c1nc(N/N=C/c2ccccc2)cc(Nc2ccc(N)cc2)n1. The molecular weight excluding hydrogens is 326 g/mol. The molecular formula is C19H21N7. The fraction of sp³-hybridized carbons (Fsp3) is 0.105. The lowest BCUT2D eigenvalue weighted by molar-refractivity contribution is 0.998. The van der Waals surface area contributed by atoms with Crippen molar-refractivity contribution in [3.63, 3.8) is 0 Å². The van der Waals surface area contributed by atoms with Gasteiger partial charge in [0, 0.05) is 31.5 Å². The zero-order chi connectivity index (χ0) is 18.4. The van der Waals surface area contributed by atoms with Crippen LogP contribution in [0.5, 0.6) is 0 Å². The molecule has 0 saturated carbocycles. The highest BCUT2D eigenvalue weighted by atomic mass is 15.3. The van der Waals surface area contributed by atoms with Gasteiger partial charge >= 0.3 is 0 Å². The number of anilines is 5.